The zero-order valence-corrected chi connectivity index (χ0v) is 15.2. The monoisotopic (exact) mass is 361 g/mol. The standard InChI is InChI=1S/C18H23N3O3S/c1-23-15-4-6-16(7-5-15)24-13-2-3-17(22)20-9-11-21(12-10-20)18-19-8-14-25-18/h4-8,14H,2-3,9-13H2,1H3. The molecule has 7 heteroatoms. The molecule has 2 heterocycles. The molecule has 1 amide bonds. The van der Waals surface area contributed by atoms with Gasteiger partial charge in [0.1, 0.15) is 11.5 Å². The van der Waals surface area contributed by atoms with Gasteiger partial charge in [-0.15, -0.1) is 11.3 Å². The fraction of sp³-hybridized carbons (Fsp3) is 0.444. The summed E-state index contributed by atoms with van der Waals surface area (Å²) in [6.45, 7) is 3.76. The number of ether oxygens (including phenoxy) is 2. The summed E-state index contributed by atoms with van der Waals surface area (Å²) in [5.74, 6) is 1.81. The van der Waals surface area contributed by atoms with Gasteiger partial charge in [0.25, 0.3) is 0 Å². The van der Waals surface area contributed by atoms with E-state index in [0.29, 0.717) is 13.0 Å². The predicted octanol–water partition coefficient (Wildman–Crippen LogP) is 2.66. The smallest absolute Gasteiger partial charge is 0.222 e. The van der Waals surface area contributed by atoms with Crippen LogP contribution in [-0.2, 0) is 4.79 Å². The molecule has 0 N–H and O–H groups in total. The molecule has 134 valence electrons. The van der Waals surface area contributed by atoms with Gasteiger partial charge in [0.15, 0.2) is 5.13 Å². The summed E-state index contributed by atoms with van der Waals surface area (Å²) >= 11 is 1.64. The van der Waals surface area contributed by atoms with Gasteiger partial charge in [-0.2, -0.15) is 0 Å². The summed E-state index contributed by atoms with van der Waals surface area (Å²) in [6, 6.07) is 7.47. The molecule has 2 aromatic rings. The highest BCUT2D eigenvalue weighted by Crippen LogP contribution is 2.19. The number of hydrogen-bond acceptors (Lipinski definition) is 6. The van der Waals surface area contributed by atoms with Crippen molar-refractivity contribution >= 4 is 22.4 Å². The first-order valence-corrected chi connectivity index (χ1v) is 9.33. The zero-order chi connectivity index (χ0) is 17.5. The number of thiazole rings is 1. The maximum Gasteiger partial charge on any atom is 0.222 e. The van der Waals surface area contributed by atoms with Crippen LogP contribution in [0.4, 0.5) is 5.13 Å². The normalized spacial score (nSPS) is 14.4. The minimum atomic E-state index is 0.206. The molecule has 1 saturated heterocycles. The minimum Gasteiger partial charge on any atom is -0.497 e. The van der Waals surface area contributed by atoms with Gasteiger partial charge in [-0.3, -0.25) is 4.79 Å². The Morgan fingerprint density at radius 2 is 1.88 bits per heavy atom. The predicted molar refractivity (Wildman–Crippen MR) is 98.6 cm³/mol. The fourth-order valence-electron chi connectivity index (χ4n) is 2.76. The third kappa shape index (κ3) is 4.85. The SMILES string of the molecule is COc1ccc(OCCCC(=O)N2CCN(c3nccs3)CC2)cc1. The maximum atomic E-state index is 12.3. The Kier molecular flexibility index (Phi) is 6.11. The van der Waals surface area contributed by atoms with Crippen LogP contribution in [0.3, 0.4) is 0 Å². The second-order valence-corrected chi connectivity index (χ2v) is 6.68. The molecule has 0 bridgehead atoms. The Morgan fingerprint density at radius 3 is 2.52 bits per heavy atom. The third-order valence-corrected chi connectivity index (χ3v) is 5.02. The molecular weight excluding hydrogens is 338 g/mol. The number of rotatable bonds is 7. The number of carbonyl (C=O) groups is 1. The van der Waals surface area contributed by atoms with Crippen molar-refractivity contribution in [2.45, 2.75) is 12.8 Å². The van der Waals surface area contributed by atoms with Crippen molar-refractivity contribution in [2.75, 3.05) is 44.8 Å². The van der Waals surface area contributed by atoms with Gasteiger partial charge in [0.2, 0.25) is 5.91 Å². The van der Waals surface area contributed by atoms with Crippen molar-refractivity contribution in [3.05, 3.63) is 35.8 Å². The minimum absolute atomic E-state index is 0.206. The molecule has 3 rings (SSSR count). The van der Waals surface area contributed by atoms with E-state index in [1.165, 1.54) is 0 Å². The summed E-state index contributed by atoms with van der Waals surface area (Å²) in [5.41, 5.74) is 0. The van der Waals surface area contributed by atoms with Crippen LogP contribution < -0.4 is 14.4 Å². The Bertz CT molecular complexity index is 653. The molecule has 1 aliphatic rings. The molecule has 1 aromatic carbocycles. The van der Waals surface area contributed by atoms with Gasteiger partial charge in [-0.1, -0.05) is 0 Å². The number of nitrogens with zero attached hydrogens (tertiary/aromatic N) is 3. The molecule has 1 fully saturated rings. The average Bonchev–Trinajstić information content (AvgIpc) is 3.20. The van der Waals surface area contributed by atoms with Crippen LogP contribution in [0.15, 0.2) is 35.8 Å². The quantitative estimate of drug-likeness (QED) is 0.710. The van der Waals surface area contributed by atoms with Crippen LogP contribution in [-0.4, -0.2) is 55.7 Å². The number of piperazine rings is 1. The molecule has 1 aliphatic heterocycles. The van der Waals surface area contributed by atoms with Gasteiger partial charge in [0.05, 0.1) is 13.7 Å². The fourth-order valence-corrected chi connectivity index (χ4v) is 3.46. The van der Waals surface area contributed by atoms with Crippen molar-refractivity contribution in [1.82, 2.24) is 9.88 Å². The van der Waals surface area contributed by atoms with Gasteiger partial charge < -0.3 is 19.3 Å². The Labute approximate surface area is 152 Å². The highest BCUT2D eigenvalue weighted by molar-refractivity contribution is 7.13. The molecule has 6 nitrogen and oxygen atoms in total. The molecule has 0 aliphatic carbocycles. The van der Waals surface area contributed by atoms with E-state index in [2.05, 4.69) is 9.88 Å². The molecule has 0 atom stereocenters. The van der Waals surface area contributed by atoms with Crippen LogP contribution in [0.1, 0.15) is 12.8 Å². The van der Waals surface area contributed by atoms with Crippen molar-refractivity contribution in [3.8, 4) is 11.5 Å². The van der Waals surface area contributed by atoms with Gasteiger partial charge in [0, 0.05) is 44.2 Å². The lowest BCUT2D eigenvalue weighted by Crippen LogP contribution is -2.48. The highest BCUT2D eigenvalue weighted by atomic mass is 32.1. The van der Waals surface area contributed by atoms with Crippen LogP contribution in [0.5, 0.6) is 11.5 Å². The summed E-state index contributed by atoms with van der Waals surface area (Å²) in [5, 5.41) is 3.02. The van der Waals surface area contributed by atoms with Crippen LogP contribution in [0.2, 0.25) is 0 Å². The molecular formula is C18H23N3O3S. The van der Waals surface area contributed by atoms with Crippen molar-refractivity contribution in [2.24, 2.45) is 0 Å². The van der Waals surface area contributed by atoms with Gasteiger partial charge in [-0.05, 0) is 30.7 Å². The summed E-state index contributed by atoms with van der Waals surface area (Å²) in [4.78, 5) is 20.8. The van der Waals surface area contributed by atoms with Crippen molar-refractivity contribution in [1.29, 1.82) is 0 Å². The maximum absolute atomic E-state index is 12.3. The van der Waals surface area contributed by atoms with Crippen LogP contribution in [0, 0.1) is 0 Å². The number of methoxy groups -OCH3 is 1. The lowest BCUT2D eigenvalue weighted by molar-refractivity contribution is -0.131. The number of anilines is 1. The van der Waals surface area contributed by atoms with E-state index < -0.39 is 0 Å². The van der Waals surface area contributed by atoms with Crippen molar-refractivity contribution in [3.63, 3.8) is 0 Å². The third-order valence-electron chi connectivity index (χ3n) is 4.19. The molecule has 0 spiro atoms. The van der Waals surface area contributed by atoms with Crippen LogP contribution >= 0.6 is 11.3 Å². The van der Waals surface area contributed by atoms with Gasteiger partial charge in [-0.25, -0.2) is 4.98 Å². The molecule has 1 aromatic heterocycles. The Morgan fingerprint density at radius 1 is 1.16 bits per heavy atom. The van der Waals surface area contributed by atoms with E-state index in [0.717, 1.165) is 49.2 Å². The second-order valence-electron chi connectivity index (χ2n) is 5.81. The van der Waals surface area contributed by atoms with Crippen LogP contribution in [0.25, 0.3) is 0 Å². The van der Waals surface area contributed by atoms with E-state index in [-0.39, 0.29) is 5.91 Å². The Balaban J connectivity index is 1.34. The first kappa shape index (κ1) is 17.5. The number of carbonyl (C=O) groups excluding carboxylic acids is 1. The summed E-state index contributed by atoms with van der Waals surface area (Å²) < 4.78 is 10.8. The highest BCUT2D eigenvalue weighted by Gasteiger charge is 2.21. The lowest BCUT2D eigenvalue weighted by Gasteiger charge is -2.34. The number of hydrogen-bond donors (Lipinski definition) is 0. The summed E-state index contributed by atoms with van der Waals surface area (Å²) in [6.07, 6.45) is 3.06. The lowest BCUT2D eigenvalue weighted by atomic mass is 10.2. The topological polar surface area (TPSA) is 54.9 Å². The van der Waals surface area contributed by atoms with E-state index >= 15 is 0 Å². The molecule has 0 saturated carbocycles. The Hall–Kier alpha value is -2.28. The van der Waals surface area contributed by atoms with Gasteiger partial charge >= 0.3 is 0 Å². The number of amides is 1. The van der Waals surface area contributed by atoms with E-state index in [1.54, 1.807) is 18.4 Å². The second kappa shape index (κ2) is 8.71. The summed E-state index contributed by atoms with van der Waals surface area (Å²) in [7, 11) is 1.64. The van der Waals surface area contributed by atoms with E-state index in [4.69, 9.17) is 9.47 Å². The number of benzene rings is 1. The molecule has 25 heavy (non-hydrogen) atoms. The largest absolute Gasteiger partial charge is 0.497 e. The first-order chi connectivity index (χ1) is 12.3. The molecule has 0 unspecified atom stereocenters. The number of aromatic nitrogens is 1. The first-order valence-electron chi connectivity index (χ1n) is 8.45. The average molecular weight is 361 g/mol. The van der Waals surface area contributed by atoms with E-state index in [9.17, 15) is 4.79 Å². The van der Waals surface area contributed by atoms with Crippen molar-refractivity contribution < 1.29 is 14.3 Å². The van der Waals surface area contributed by atoms with E-state index in [1.807, 2.05) is 40.7 Å². The zero-order valence-electron chi connectivity index (χ0n) is 14.4. The molecule has 0 radical (unpaired) electrons.